The normalized spacial score (nSPS) is 13.3. The van der Waals surface area contributed by atoms with Crippen LogP contribution in [0.2, 0.25) is 0 Å². The molecule has 0 unspecified atom stereocenters. The van der Waals surface area contributed by atoms with Crippen molar-refractivity contribution in [2.45, 2.75) is 19.4 Å². The van der Waals surface area contributed by atoms with Crippen LogP contribution in [-0.2, 0) is 6.42 Å². The number of ketones is 2. The highest BCUT2D eigenvalue weighted by molar-refractivity contribution is 6.28. The summed E-state index contributed by atoms with van der Waals surface area (Å²) >= 11 is 0. The van der Waals surface area contributed by atoms with Gasteiger partial charge >= 0.3 is 0 Å². The van der Waals surface area contributed by atoms with Gasteiger partial charge in [-0.25, -0.2) is 0 Å². The lowest BCUT2D eigenvalue weighted by molar-refractivity contribution is 0.0938. The number of ether oxygens (including phenoxy) is 1. The van der Waals surface area contributed by atoms with Crippen LogP contribution in [0.5, 0.6) is 5.75 Å². The number of fused-ring (bicyclic) bond motifs is 2. The number of hydrogen-bond donors (Lipinski definition) is 1. The summed E-state index contributed by atoms with van der Waals surface area (Å²) in [7, 11) is 1.62. The van der Waals surface area contributed by atoms with Crippen molar-refractivity contribution in [3.8, 4) is 5.75 Å². The zero-order valence-corrected chi connectivity index (χ0v) is 16.8. The second-order valence-corrected chi connectivity index (χ2v) is 7.39. The summed E-state index contributed by atoms with van der Waals surface area (Å²) in [6.45, 7) is 1.92. The molecular formula is C25H21NO4. The van der Waals surface area contributed by atoms with Crippen LogP contribution >= 0.6 is 0 Å². The van der Waals surface area contributed by atoms with Crippen molar-refractivity contribution in [1.82, 2.24) is 5.32 Å². The Morgan fingerprint density at radius 3 is 2.10 bits per heavy atom. The molecule has 1 atom stereocenters. The first-order valence-corrected chi connectivity index (χ1v) is 9.74. The second-order valence-electron chi connectivity index (χ2n) is 7.39. The highest BCUT2D eigenvalue weighted by Crippen LogP contribution is 2.28. The summed E-state index contributed by atoms with van der Waals surface area (Å²) in [4.78, 5) is 38.3. The summed E-state index contributed by atoms with van der Waals surface area (Å²) in [5.41, 5.74) is 2.82. The fourth-order valence-electron chi connectivity index (χ4n) is 3.71. The molecule has 150 valence electrons. The van der Waals surface area contributed by atoms with E-state index in [0.29, 0.717) is 28.7 Å². The van der Waals surface area contributed by atoms with E-state index < -0.39 is 0 Å². The molecule has 1 amide bonds. The van der Waals surface area contributed by atoms with Crippen molar-refractivity contribution in [3.05, 3.63) is 100 Å². The summed E-state index contributed by atoms with van der Waals surface area (Å²) in [6, 6.07) is 19.0. The molecule has 0 radical (unpaired) electrons. The monoisotopic (exact) mass is 399 g/mol. The van der Waals surface area contributed by atoms with Crippen molar-refractivity contribution in [2.75, 3.05) is 7.11 Å². The molecule has 3 aromatic rings. The molecule has 0 saturated carbocycles. The van der Waals surface area contributed by atoms with Crippen molar-refractivity contribution < 1.29 is 19.1 Å². The lowest BCUT2D eigenvalue weighted by atomic mass is 9.83. The summed E-state index contributed by atoms with van der Waals surface area (Å²) in [5, 5.41) is 2.96. The quantitative estimate of drug-likeness (QED) is 0.554. The highest BCUT2D eigenvalue weighted by Gasteiger charge is 2.30. The number of carbonyl (C=O) groups excluding carboxylic acids is 3. The number of methoxy groups -OCH3 is 1. The molecule has 1 aliphatic carbocycles. The minimum atomic E-state index is -0.280. The maximum atomic E-state index is 12.8. The standard InChI is InChI=1S/C25H21NO4/c1-15(13-16-7-10-18(30-2)11-8-16)26-25(29)17-9-12-21-22(14-17)24(28)20-6-4-3-5-19(20)23(21)27/h3-12,14-15H,13H2,1-2H3,(H,26,29)/t15-/m0/s1. The molecular weight excluding hydrogens is 378 g/mol. The maximum Gasteiger partial charge on any atom is 0.251 e. The molecule has 0 bridgehead atoms. The maximum absolute atomic E-state index is 12.8. The third kappa shape index (κ3) is 3.62. The highest BCUT2D eigenvalue weighted by atomic mass is 16.5. The Morgan fingerprint density at radius 2 is 1.47 bits per heavy atom. The van der Waals surface area contributed by atoms with Crippen LogP contribution in [-0.4, -0.2) is 30.6 Å². The molecule has 0 saturated heterocycles. The van der Waals surface area contributed by atoms with Crippen molar-refractivity contribution in [1.29, 1.82) is 0 Å². The molecule has 4 rings (SSSR count). The zero-order chi connectivity index (χ0) is 21.3. The summed E-state index contributed by atoms with van der Waals surface area (Å²) in [5.74, 6) is 0.0735. The van der Waals surface area contributed by atoms with Crippen molar-refractivity contribution >= 4 is 17.5 Å². The van der Waals surface area contributed by atoms with Crippen LogP contribution in [0.25, 0.3) is 0 Å². The average Bonchev–Trinajstić information content (AvgIpc) is 2.77. The third-order valence-corrected chi connectivity index (χ3v) is 5.27. The summed E-state index contributed by atoms with van der Waals surface area (Å²) in [6.07, 6.45) is 0.658. The van der Waals surface area contributed by atoms with Gasteiger partial charge in [-0.05, 0) is 49.2 Å². The van der Waals surface area contributed by atoms with Gasteiger partial charge < -0.3 is 10.1 Å². The van der Waals surface area contributed by atoms with E-state index in [9.17, 15) is 14.4 Å². The topological polar surface area (TPSA) is 72.5 Å². The first kappa shape index (κ1) is 19.6. The van der Waals surface area contributed by atoms with E-state index in [4.69, 9.17) is 4.74 Å². The molecule has 0 fully saturated rings. The Hall–Kier alpha value is -3.73. The number of rotatable bonds is 5. The van der Waals surface area contributed by atoms with Crippen LogP contribution < -0.4 is 10.1 Å². The van der Waals surface area contributed by atoms with E-state index >= 15 is 0 Å². The number of amides is 1. The molecule has 1 aliphatic rings. The molecule has 5 nitrogen and oxygen atoms in total. The van der Waals surface area contributed by atoms with Gasteiger partial charge in [-0.15, -0.1) is 0 Å². The molecule has 0 aliphatic heterocycles. The molecule has 5 heteroatoms. The number of benzene rings is 3. The van der Waals surface area contributed by atoms with Gasteiger partial charge in [-0.3, -0.25) is 14.4 Å². The van der Waals surface area contributed by atoms with Gasteiger partial charge in [0.15, 0.2) is 11.6 Å². The molecule has 0 spiro atoms. The fraction of sp³-hybridized carbons (Fsp3) is 0.160. The van der Waals surface area contributed by atoms with E-state index in [1.165, 1.54) is 6.07 Å². The predicted octanol–water partition coefficient (Wildman–Crippen LogP) is 3.83. The van der Waals surface area contributed by atoms with Gasteiger partial charge in [-0.1, -0.05) is 36.4 Å². The van der Waals surface area contributed by atoms with Gasteiger partial charge in [0.25, 0.3) is 5.91 Å². The summed E-state index contributed by atoms with van der Waals surface area (Å²) < 4.78 is 5.16. The Bertz CT molecular complexity index is 1150. The first-order valence-electron chi connectivity index (χ1n) is 9.74. The number of nitrogens with one attached hydrogen (secondary N) is 1. The van der Waals surface area contributed by atoms with Crippen molar-refractivity contribution in [3.63, 3.8) is 0 Å². The minimum absolute atomic E-state index is 0.111. The SMILES string of the molecule is COc1ccc(C[C@H](C)NC(=O)c2ccc3c(c2)C(=O)c2ccccc2C3=O)cc1. The lowest BCUT2D eigenvalue weighted by Crippen LogP contribution is -2.34. The Labute approximate surface area is 174 Å². The average molecular weight is 399 g/mol. The largest absolute Gasteiger partial charge is 0.497 e. The van der Waals surface area contributed by atoms with E-state index in [0.717, 1.165) is 11.3 Å². The second kappa shape index (κ2) is 7.95. The third-order valence-electron chi connectivity index (χ3n) is 5.27. The minimum Gasteiger partial charge on any atom is -0.497 e. The Balaban J connectivity index is 1.51. The lowest BCUT2D eigenvalue weighted by Gasteiger charge is -2.19. The molecule has 30 heavy (non-hydrogen) atoms. The van der Waals surface area contributed by atoms with Gasteiger partial charge in [0.2, 0.25) is 0 Å². The van der Waals surface area contributed by atoms with E-state index in [1.54, 1.807) is 43.5 Å². The Morgan fingerprint density at radius 1 is 0.867 bits per heavy atom. The van der Waals surface area contributed by atoms with Crippen LogP contribution in [0.3, 0.4) is 0 Å². The molecule has 0 aromatic heterocycles. The number of carbonyl (C=O) groups is 3. The van der Waals surface area contributed by atoms with Crippen LogP contribution in [0.4, 0.5) is 0 Å². The smallest absolute Gasteiger partial charge is 0.251 e. The first-order chi connectivity index (χ1) is 14.5. The predicted molar refractivity (Wildman–Crippen MR) is 113 cm³/mol. The van der Waals surface area contributed by atoms with Crippen LogP contribution in [0.1, 0.15) is 54.7 Å². The van der Waals surface area contributed by atoms with Crippen molar-refractivity contribution in [2.24, 2.45) is 0 Å². The molecule has 3 aromatic carbocycles. The van der Waals surface area contributed by atoms with E-state index in [2.05, 4.69) is 5.32 Å². The van der Waals surface area contributed by atoms with Gasteiger partial charge in [-0.2, -0.15) is 0 Å². The van der Waals surface area contributed by atoms with E-state index in [-0.39, 0.29) is 29.1 Å². The van der Waals surface area contributed by atoms with Gasteiger partial charge in [0.05, 0.1) is 7.11 Å². The zero-order valence-electron chi connectivity index (χ0n) is 16.8. The Kier molecular flexibility index (Phi) is 5.19. The molecule has 0 heterocycles. The van der Waals surface area contributed by atoms with Crippen LogP contribution in [0, 0.1) is 0 Å². The fourth-order valence-corrected chi connectivity index (χ4v) is 3.71. The van der Waals surface area contributed by atoms with Gasteiger partial charge in [0.1, 0.15) is 5.75 Å². The van der Waals surface area contributed by atoms with E-state index in [1.807, 2.05) is 31.2 Å². The van der Waals surface area contributed by atoms with Gasteiger partial charge in [0, 0.05) is 33.9 Å². The molecule has 1 N–H and O–H groups in total. The number of hydrogen-bond acceptors (Lipinski definition) is 4. The van der Waals surface area contributed by atoms with Crippen LogP contribution in [0.15, 0.2) is 66.7 Å².